The predicted molar refractivity (Wildman–Crippen MR) is 76.4 cm³/mol. The fourth-order valence-electron chi connectivity index (χ4n) is 1.46. The molecule has 3 nitrogen and oxygen atoms in total. The fraction of sp³-hybridized carbons (Fsp3) is 0.538. The van der Waals surface area contributed by atoms with Crippen LogP contribution in [0.25, 0.3) is 0 Å². The average molecular weight is 310 g/mol. The van der Waals surface area contributed by atoms with E-state index in [-0.39, 0.29) is 0 Å². The molecule has 1 aromatic carbocycles. The lowest BCUT2D eigenvalue weighted by atomic mass is 10.1. The zero-order valence-electron chi connectivity index (χ0n) is 12.1. The highest BCUT2D eigenvalue weighted by Gasteiger charge is 2.38. The zero-order valence-corrected chi connectivity index (χ0v) is 12.9. The molecule has 1 N–H and O–H groups in total. The first-order chi connectivity index (χ1) is 9.30. The Morgan fingerprint density at radius 1 is 1.20 bits per heavy atom. The van der Waals surface area contributed by atoms with E-state index in [0.717, 1.165) is 0 Å². The minimum atomic E-state index is -4.75. The van der Waals surface area contributed by atoms with Crippen molar-refractivity contribution in [1.29, 1.82) is 0 Å². The van der Waals surface area contributed by atoms with Crippen LogP contribution >= 0.6 is 0 Å². The number of nitrogens with one attached hydrogen (secondary N) is 1. The molecule has 2 atom stereocenters. The Kier molecular flexibility index (Phi) is 8.68. The van der Waals surface area contributed by atoms with Gasteiger partial charge >= 0.3 is 5.51 Å². The van der Waals surface area contributed by atoms with Crippen LogP contribution in [0.15, 0.2) is 30.3 Å². The van der Waals surface area contributed by atoms with Gasteiger partial charge in [-0.25, -0.2) is 8.93 Å². The summed E-state index contributed by atoms with van der Waals surface area (Å²) in [6.07, 6.45) is 0. The highest BCUT2D eigenvalue weighted by atomic mass is 32.2. The molecule has 7 heteroatoms. The maximum atomic E-state index is 12.3. The molecule has 0 spiro atoms. The highest BCUT2D eigenvalue weighted by molar-refractivity contribution is 7.83. The van der Waals surface area contributed by atoms with Gasteiger partial charge in [-0.2, -0.15) is 13.2 Å². The van der Waals surface area contributed by atoms with Gasteiger partial charge in [0.1, 0.15) is 0 Å². The minimum Gasteiger partial charge on any atom is -0.307 e. The molecular weight excluding hydrogens is 289 g/mol. The van der Waals surface area contributed by atoms with Crippen LogP contribution in [0, 0.1) is 0 Å². The molecular formula is C13H21F3N2OS. The molecule has 0 aromatic heterocycles. The number of hydrogen-bond donors (Lipinski definition) is 1. The molecule has 2 unspecified atom stereocenters. The SMILES string of the molecule is CC.CN(C)CC(NS(=O)C(F)(F)F)c1ccccc1. The summed E-state index contributed by atoms with van der Waals surface area (Å²) < 4.78 is 50.1. The molecule has 1 rings (SSSR count). The molecule has 0 amide bonds. The molecule has 0 aliphatic heterocycles. The number of likely N-dealkylation sites (N-methyl/N-ethyl adjacent to an activating group) is 1. The topological polar surface area (TPSA) is 32.3 Å². The van der Waals surface area contributed by atoms with Crippen LogP contribution in [0.5, 0.6) is 0 Å². The van der Waals surface area contributed by atoms with Gasteiger partial charge in [0.2, 0.25) is 0 Å². The van der Waals surface area contributed by atoms with Crippen molar-refractivity contribution in [2.75, 3.05) is 20.6 Å². The van der Waals surface area contributed by atoms with E-state index in [4.69, 9.17) is 0 Å². The Bertz CT molecular complexity index is 396. The molecule has 0 bridgehead atoms. The van der Waals surface area contributed by atoms with Gasteiger partial charge in [0.15, 0.2) is 11.0 Å². The van der Waals surface area contributed by atoms with E-state index in [1.54, 1.807) is 49.3 Å². The second-order valence-electron chi connectivity index (χ2n) is 4.06. The minimum absolute atomic E-state index is 0.325. The van der Waals surface area contributed by atoms with Crippen LogP contribution in [-0.4, -0.2) is 35.3 Å². The first-order valence-electron chi connectivity index (χ1n) is 6.25. The summed E-state index contributed by atoms with van der Waals surface area (Å²) in [7, 11) is 0.427. The summed E-state index contributed by atoms with van der Waals surface area (Å²) in [5, 5.41) is 0. The van der Waals surface area contributed by atoms with Gasteiger partial charge in [-0.1, -0.05) is 44.2 Å². The molecule has 0 saturated carbocycles. The van der Waals surface area contributed by atoms with Crippen molar-refractivity contribution in [3.63, 3.8) is 0 Å². The van der Waals surface area contributed by atoms with E-state index in [0.29, 0.717) is 12.1 Å². The van der Waals surface area contributed by atoms with Crippen LogP contribution in [0.4, 0.5) is 13.2 Å². The number of halogens is 3. The molecule has 0 radical (unpaired) electrons. The van der Waals surface area contributed by atoms with Gasteiger partial charge in [0.25, 0.3) is 0 Å². The zero-order chi connectivity index (χ0) is 15.8. The van der Waals surface area contributed by atoms with Crippen molar-refractivity contribution in [3.05, 3.63) is 35.9 Å². The van der Waals surface area contributed by atoms with Crippen molar-refractivity contribution in [2.24, 2.45) is 0 Å². The van der Waals surface area contributed by atoms with Crippen molar-refractivity contribution in [2.45, 2.75) is 25.4 Å². The second kappa shape index (κ2) is 9.10. The Morgan fingerprint density at radius 2 is 1.70 bits per heavy atom. The number of hydrogen-bond acceptors (Lipinski definition) is 2. The lowest BCUT2D eigenvalue weighted by Crippen LogP contribution is -2.37. The van der Waals surface area contributed by atoms with E-state index in [2.05, 4.69) is 4.72 Å². The Morgan fingerprint density at radius 3 is 2.10 bits per heavy atom. The van der Waals surface area contributed by atoms with Gasteiger partial charge in [-0.15, -0.1) is 0 Å². The maximum Gasteiger partial charge on any atom is 0.485 e. The molecule has 1 aromatic rings. The van der Waals surface area contributed by atoms with Crippen LogP contribution in [-0.2, 0) is 11.0 Å². The quantitative estimate of drug-likeness (QED) is 0.906. The van der Waals surface area contributed by atoms with Crippen LogP contribution in [0.1, 0.15) is 25.5 Å². The number of alkyl halides is 3. The first kappa shape index (κ1) is 19.1. The molecule has 116 valence electrons. The molecule has 0 heterocycles. The van der Waals surface area contributed by atoms with Crippen molar-refractivity contribution in [3.8, 4) is 0 Å². The third-order valence-electron chi connectivity index (χ3n) is 2.21. The molecule has 0 fully saturated rings. The van der Waals surface area contributed by atoms with Gasteiger partial charge in [-0.3, -0.25) is 0 Å². The highest BCUT2D eigenvalue weighted by Crippen LogP contribution is 2.22. The largest absolute Gasteiger partial charge is 0.485 e. The standard InChI is InChI=1S/C11H15F3N2OS.C2H6/c1-16(2)8-10(9-6-4-3-5-7-9)15-18(17)11(12,13)14;1-2/h3-7,10,15H,8H2,1-2H3;1-2H3. The van der Waals surface area contributed by atoms with Crippen LogP contribution < -0.4 is 4.72 Å². The number of benzene rings is 1. The molecule has 20 heavy (non-hydrogen) atoms. The monoisotopic (exact) mass is 310 g/mol. The second-order valence-corrected chi connectivity index (χ2v) is 5.29. The average Bonchev–Trinajstić information content (AvgIpc) is 2.39. The molecule has 0 aliphatic carbocycles. The Hall–Kier alpha value is -0.920. The Balaban J connectivity index is 0.00000172. The van der Waals surface area contributed by atoms with Gasteiger partial charge in [0.05, 0.1) is 6.04 Å². The van der Waals surface area contributed by atoms with E-state index < -0.39 is 22.5 Å². The van der Waals surface area contributed by atoms with Gasteiger partial charge < -0.3 is 4.90 Å². The lowest BCUT2D eigenvalue weighted by Gasteiger charge is -2.22. The van der Waals surface area contributed by atoms with Crippen molar-refractivity contribution < 1.29 is 17.4 Å². The van der Waals surface area contributed by atoms with E-state index in [1.165, 1.54) is 0 Å². The number of rotatable bonds is 5. The van der Waals surface area contributed by atoms with Gasteiger partial charge in [0, 0.05) is 6.54 Å². The fourth-order valence-corrected chi connectivity index (χ4v) is 2.06. The Labute approximate surface area is 120 Å². The molecule has 0 aliphatic rings. The summed E-state index contributed by atoms with van der Waals surface area (Å²) in [5.74, 6) is 0. The van der Waals surface area contributed by atoms with Crippen molar-refractivity contribution in [1.82, 2.24) is 9.62 Å². The van der Waals surface area contributed by atoms with E-state index in [9.17, 15) is 17.4 Å². The normalized spacial score (nSPS) is 14.4. The number of nitrogens with zero attached hydrogens (tertiary/aromatic N) is 1. The summed E-state index contributed by atoms with van der Waals surface area (Å²) in [6.45, 7) is 4.33. The van der Waals surface area contributed by atoms with Gasteiger partial charge in [-0.05, 0) is 19.7 Å². The third-order valence-corrected chi connectivity index (χ3v) is 3.13. The summed E-state index contributed by atoms with van der Waals surface area (Å²) >= 11 is 0. The predicted octanol–water partition coefficient (Wildman–Crippen LogP) is 3.09. The summed E-state index contributed by atoms with van der Waals surface area (Å²) in [6, 6.07) is 8.01. The van der Waals surface area contributed by atoms with Crippen LogP contribution in [0.3, 0.4) is 0 Å². The van der Waals surface area contributed by atoms with Crippen molar-refractivity contribution >= 4 is 11.0 Å². The summed E-state index contributed by atoms with van der Waals surface area (Å²) in [4.78, 5) is 1.73. The lowest BCUT2D eigenvalue weighted by molar-refractivity contribution is -0.0397. The summed E-state index contributed by atoms with van der Waals surface area (Å²) in [5.41, 5.74) is -4.08. The molecule has 0 saturated heterocycles. The smallest absolute Gasteiger partial charge is 0.307 e. The van der Waals surface area contributed by atoms with E-state index >= 15 is 0 Å². The van der Waals surface area contributed by atoms with E-state index in [1.807, 2.05) is 13.8 Å². The van der Waals surface area contributed by atoms with Crippen LogP contribution in [0.2, 0.25) is 0 Å². The first-order valence-corrected chi connectivity index (χ1v) is 7.40. The maximum absolute atomic E-state index is 12.3. The third kappa shape index (κ3) is 7.02.